The first-order chi connectivity index (χ1) is 32.5. The molecule has 2 aliphatic rings. The van der Waals surface area contributed by atoms with E-state index < -0.39 is 0 Å². The van der Waals surface area contributed by atoms with Gasteiger partial charge in [0.2, 0.25) is 0 Å². The first kappa shape index (κ1) is 40.7. The lowest BCUT2D eigenvalue weighted by Gasteiger charge is -2.45. The van der Waals surface area contributed by atoms with Crippen LogP contribution in [-0.4, -0.2) is 16.7 Å². The van der Waals surface area contributed by atoms with Gasteiger partial charge < -0.3 is 9.80 Å². The highest BCUT2D eigenvalue weighted by Gasteiger charge is 2.45. The van der Waals surface area contributed by atoms with Crippen molar-refractivity contribution < 1.29 is 0 Å². The summed E-state index contributed by atoms with van der Waals surface area (Å²) in [4.78, 5) is 15.7. The summed E-state index contributed by atoms with van der Waals surface area (Å²) in [5.41, 5.74) is 18.2. The fourth-order valence-corrected chi connectivity index (χ4v) is 10.5. The monoisotopic (exact) mass is 862 g/mol. The second kappa shape index (κ2) is 15.4. The third-order valence-electron chi connectivity index (χ3n) is 14.0. The molecule has 3 heterocycles. The smallest absolute Gasteiger partial charge is 0.253 e. The van der Waals surface area contributed by atoms with Crippen molar-refractivity contribution in [3.05, 3.63) is 211 Å². The molecule has 0 aliphatic carbocycles. The summed E-state index contributed by atoms with van der Waals surface area (Å²) in [6.45, 7) is 13.6. The third-order valence-corrected chi connectivity index (χ3v) is 14.0. The zero-order valence-electron chi connectivity index (χ0n) is 38.9. The number of rotatable bonds is 5. The lowest BCUT2D eigenvalue weighted by atomic mass is 9.32. The van der Waals surface area contributed by atoms with Crippen LogP contribution in [-0.2, 0) is 10.8 Å². The predicted molar refractivity (Wildman–Crippen MR) is 285 cm³/mol. The maximum absolute atomic E-state index is 5.46. The molecule has 4 nitrogen and oxygen atoms in total. The van der Waals surface area contributed by atoms with Crippen molar-refractivity contribution in [1.82, 2.24) is 9.97 Å². The topological polar surface area (TPSA) is 32.3 Å². The minimum absolute atomic E-state index is 0.00641. The maximum Gasteiger partial charge on any atom is 0.253 e. The summed E-state index contributed by atoms with van der Waals surface area (Å²) in [5.74, 6) is 0.694. The van der Waals surface area contributed by atoms with Crippen molar-refractivity contribution in [1.29, 1.82) is 0 Å². The Kier molecular flexibility index (Phi) is 9.38. The van der Waals surface area contributed by atoms with Gasteiger partial charge in [0.05, 0.1) is 11.4 Å². The van der Waals surface area contributed by atoms with E-state index in [1.54, 1.807) is 0 Å². The molecule has 9 aromatic carbocycles. The molecule has 0 saturated carbocycles. The highest BCUT2D eigenvalue weighted by atomic mass is 15.2. The Morgan fingerprint density at radius 3 is 1.24 bits per heavy atom. The zero-order valence-corrected chi connectivity index (χ0v) is 38.9. The van der Waals surface area contributed by atoms with Crippen LogP contribution in [0, 0.1) is 0 Å². The van der Waals surface area contributed by atoms with Crippen LogP contribution in [0.1, 0.15) is 52.7 Å². The predicted octanol–water partition coefficient (Wildman–Crippen LogP) is 14.5. The van der Waals surface area contributed by atoms with Crippen LogP contribution in [0.3, 0.4) is 0 Å². The SMILES string of the molecule is CC(C)(C)c1ccc(N2c3cc(-c4cc(-c5ccccc5)nc(-c5ccccc5)n4)cc4c3B(c3c2ccc2ccccc32)c2c(ccc3ccccc23)N4c2ccc(C(C)(C)C)cc2)cc1. The first-order valence-electron chi connectivity index (χ1n) is 23.5. The lowest BCUT2D eigenvalue weighted by Crippen LogP contribution is -2.61. The number of nitrogens with zero attached hydrogens (tertiary/aromatic N) is 4. The molecule has 1 aromatic heterocycles. The molecule has 10 aromatic rings. The van der Waals surface area contributed by atoms with Gasteiger partial charge in [-0.2, -0.15) is 0 Å². The third kappa shape index (κ3) is 6.83. The van der Waals surface area contributed by atoms with Gasteiger partial charge in [0.1, 0.15) is 0 Å². The molecule has 0 saturated heterocycles. The number of anilines is 6. The van der Waals surface area contributed by atoms with Crippen LogP contribution in [0.4, 0.5) is 34.1 Å². The summed E-state index contributed by atoms with van der Waals surface area (Å²) < 4.78 is 0. The van der Waals surface area contributed by atoms with E-state index in [1.165, 1.54) is 60.4 Å². The van der Waals surface area contributed by atoms with Crippen molar-refractivity contribution >= 4 is 78.8 Å². The van der Waals surface area contributed by atoms with Gasteiger partial charge >= 0.3 is 0 Å². The highest BCUT2D eigenvalue weighted by Crippen LogP contribution is 2.48. The second-order valence-electron chi connectivity index (χ2n) is 20.3. The van der Waals surface area contributed by atoms with E-state index >= 15 is 0 Å². The van der Waals surface area contributed by atoms with E-state index in [0.717, 1.165) is 50.8 Å². The van der Waals surface area contributed by atoms with Crippen LogP contribution >= 0.6 is 0 Å². The molecule has 0 spiro atoms. The summed E-state index contributed by atoms with van der Waals surface area (Å²) in [7, 11) is 0. The van der Waals surface area contributed by atoms with E-state index in [0.29, 0.717) is 5.82 Å². The van der Waals surface area contributed by atoms with Crippen LogP contribution in [0.25, 0.3) is 55.4 Å². The molecule has 0 unspecified atom stereocenters. The number of hydrogen-bond donors (Lipinski definition) is 0. The molecule has 322 valence electrons. The molecule has 67 heavy (non-hydrogen) atoms. The van der Waals surface area contributed by atoms with Crippen LogP contribution in [0.5, 0.6) is 0 Å². The number of fused-ring (bicyclic) bond motifs is 8. The van der Waals surface area contributed by atoms with Crippen molar-refractivity contribution in [2.75, 3.05) is 9.80 Å². The molecule has 0 atom stereocenters. The highest BCUT2D eigenvalue weighted by molar-refractivity contribution is 7.02. The molecule has 5 heteroatoms. The molecule has 0 bridgehead atoms. The normalized spacial score (nSPS) is 13.1. The Morgan fingerprint density at radius 2 is 0.776 bits per heavy atom. The molecule has 0 amide bonds. The van der Waals surface area contributed by atoms with Gasteiger partial charge in [0, 0.05) is 50.8 Å². The first-order valence-corrected chi connectivity index (χ1v) is 23.5. The van der Waals surface area contributed by atoms with E-state index in [9.17, 15) is 0 Å². The van der Waals surface area contributed by atoms with Gasteiger partial charge in [-0.15, -0.1) is 0 Å². The fourth-order valence-electron chi connectivity index (χ4n) is 10.5. The molecular weight excluding hydrogens is 812 g/mol. The Hall–Kier alpha value is -7.76. The van der Waals surface area contributed by atoms with Crippen LogP contribution < -0.4 is 26.2 Å². The largest absolute Gasteiger partial charge is 0.311 e. The van der Waals surface area contributed by atoms with Crippen LogP contribution in [0.15, 0.2) is 200 Å². The standard InChI is InChI=1S/C62H51BN4/c1-61(2,3)45-27-31-47(32-28-45)66-53-35-25-40-17-13-15-23-49(40)57(53)63-58-50-24-16-14-18-41(50)26-36-54(58)67(48-33-29-46(30-34-48)62(4,5)6)56-38-44(37-55(66)59(56)63)52-39-51(42-19-9-7-10-20-42)64-60(65-52)43-21-11-8-12-22-43/h7-39H,1-6H3. The molecule has 0 radical (unpaired) electrons. The minimum Gasteiger partial charge on any atom is -0.311 e. The van der Waals surface area contributed by atoms with Crippen molar-refractivity contribution in [2.24, 2.45) is 0 Å². The zero-order chi connectivity index (χ0) is 45.6. The Bertz CT molecular complexity index is 3310. The van der Waals surface area contributed by atoms with Gasteiger partial charge in [0.25, 0.3) is 6.71 Å². The molecular formula is C62H51BN4. The number of hydrogen-bond acceptors (Lipinski definition) is 4. The molecule has 0 fully saturated rings. The van der Waals surface area contributed by atoms with Gasteiger partial charge in [-0.3, -0.25) is 0 Å². The Morgan fingerprint density at radius 1 is 0.358 bits per heavy atom. The Labute approximate surface area is 394 Å². The minimum atomic E-state index is -0.0818. The van der Waals surface area contributed by atoms with Crippen molar-refractivity contribution in [3.8, 4) is 33.9 Å². The summed E-state index contributed by atoms with van der Waals surface area (Å²) in [5, 5.41) is 4.99. The summed E-state index contributed by atoms with van der Waals surface area (Å²) in [6.07, 6.45) is 0. The fraction of sp³-hybridized carbons (Fsp3) is 0.129. The molecule has 0 N–H and O–H groups in total. The number of benzene rings is 9. The summed E-state index contributed by atoms with van der Waals surface area (Å²) >= 11 is 0. The van der Waals surface area contributed by atoms with E-state index in [4.69, 9.17) is 9.97 Å². The van der Waals surface area contributed by atoms with Gasteiger partial charge in [-0.05, 0) is 114 Å². The molecule has 2 aliphatic heterocycles. The van der Waals surface area contributed by atoms with E-state index in [-0.39, 0.29) is 17.5 Å². The summed E-state index contributed by atoms with van der Waals surface area (Å²) in [6, 6.07) is 73.6. The van der Waals surface area contributed by atoms with Gasteiger partial charge in [-0.25, -0.2) is 9.97 Å². The average Bonchev–Trinajstić information content (AvgIpc) is 3.35. The Balaban J connectivity index is 1.22. The second-order valence-corrected chi connectivity index (χ2v) is 20.3. The molecule has 12 rings (SSSR count). The van der Waals surface area contributed by atoms with E-state index in [2.05, 4.69) is 245 Å². The van der Waals surface area contributed by atoms with Crippen LogP contribution in [0.2, 0.25) is 0 Å². The maximum atomic E-state index is 5.46. The van der Waals surface area contributed by atoms with Gasteiger partial charge in [-0.1, -0.05) is 187 Å². The average molecular weight is 863 g/mol. The quantitative estimate of drug-likeness (QED) is 0.161. The van der Waals surface area contributed by atoms with Gasteiger partial charge in [0.15, 0.2) is 5.82 Å². The van der Waals surface area contributed by atoms with Crippen molar-refractivity contribution in [3.63, 3.8) is 0 Å². The van der Waals surface area contributed by atoms with E-state index in [1.807, 2.05) is 6.07 Å². The lowest BCUT2D eigenvalue weighted by molar-refractivity contribution is 0.590. The number of aromatic nitrogens is 2. The van der Waals surface area contributed by atoms with Crippen molar-refractivity contribution in [2.45, 2.75) is 52.4 Å².